The first-order chi connectivity index (χ1) is 8.83. The summed E-state index contributed by atoms with van der Waals surface area (Å²) in [6.07, 6.45) is 5.23. The van der Waals surface area contributed by atoms with Gasteiger partial charge in [-0.25, -0.2) is 0 Å². The Morgan fingerprint density at radius 2 is 2.50 bits per heavy atom. The van der Waals surface area contributed by atoms with Crippen LogP contribution in [0.1, 0.15) is 30.5 Å². The highest BCUT2D eigenvalue weighted by Gasteiger charge is 2.26. The van der Waals surface area contributed by atoms with Crippen molar-refractivity contribution >= 4 is 11.8 Å². The van der Waals surface area contributed by atoms with Gasteiger partial charge in [-0.2, -0.15) is 11.8 Å². The Hall–Kier alpha value is -0.580. The van der Waals surface area contributed by atoms with E-state index >= 15 is 0 Å². The summed E-state index contributed by atoms with van der Waals surface area (Å²) in [7, 11) is 0. The zero-order chi connectivity index (χ0) is 12.8. The zero-order valence-corrected chi connectivity index (χ0v) is 12.0. The minimum Gasteiger partial charge on any atom is -0.375 e. The molecule has 1 aliphatic rings. The Labute approximate surface area is 114 Å². The van der Waals surface area contributed by atoms with Crippen molar-refractivity contribution in [1.29, 1.82) is 0 Å². The number of rotatable bonds is 5. The van der Waals surface area contributed by atoms with E-state index in [1.807, 2.05) is 24.2 Å². The maximum absolute atomic E-state index is 5.94. The van der Waals surface area contributed by atoms with E-state index < -0.39 is 0 Å². The maximum Gasteiger partial charge on any atom is 0.0860 e. The third-order valence-corrected chi connectivity index (χ3v) is 4.26. The van der Waals surface area contributed by atoms with Crippen molar-refractivity contribution in [2.75, 3.05) is 24.7 Å². The van der Waals surface area contributed by atoms with E-state index in [0.29, 0.717) is 0 Å². The molecule has 2 rings (SSSR count). The predicted octanol–water partition coefficient (Wildman–Crippen LogP) is 2.56. The van der Waals surface area contributed by atoms with E-state index in [1.165, 1.54) is 11.1 Å². The van der Waals surface area contributed by atoms with E-state index in [2.05, 4.69) is 30.2 Å². The molecule has 2 atom stereocenters. The van der Waals surface area contributed by atoms with E-state index in [1.54, 1.807) is 0 Å². The first kappa shape index (κ1) is 13.8. The number of nitrogens with one attached hydrogen (secondary N) is 1. The summed E-state index contributed by atoms with van der Waals surface area (Å²) in [5, 5.41) is 3.62. The van der Waals surface area contributed by atoms with Crippen LogP contribution in [0.5, 0.6) is 0 Å². The number of aryl methyl sites for hydroxylation is 1. The van der Waals surface area contributed by atoms with Crippen LogP contribution in [0.15, 0.2) is 18.5 Å². The van der Waals surface area contributed by atoms with Gasteiger partial charge in [0.05, 0.1) is 18.8 Å². The van der Waals surface area contributed by atoms with Crippen LogP contribution in [0, 0.1) is 6.92 Å². The molecule has 1 aromatic heterocycles. The number of thioether (sulfide) groups is 1. The van der Waals surface area contributed by atoms with Crippen LogP contribution in [-0.2, 0) is 4.74 Å². The molecule has 2 heterocycles. The summed E-state index contributed by atoms with van der Waals surface area (Å²) in [4.78, 5) is 4.27. The summed E-state index contributed by atoms with van der Waals surface area (Å²) < 4.78 is 5.94. The van der Waals surface area contributed by atoms with Crippen molar-refractivity contribution in [3.63, 3.8) is 0 Å². The van der Waals surface area contributed by atoms with Gasteiger partial charge >= 0.3 is 0 Å². The second-order valence-corrected chi connectivity index (χ2v) is 5.80. The summed E-state index contributed by atoms with van der Waals surface area (Å²) in [6, 6.07) is 2.35. The average Bonchev–Trinajstić information content (AvgIpc) is 2.42. The highest BCUT2D eigenvalue weighted by atomic mass is 32.2. The third kappa shape index (κ3) is 3.46. The Balaban J connectivity index is 2.15. The summed E-state index contributed by atoms with van der Waals surface area (Å²) >= 11 is 1.98. The fraction of sp³-hybridized carbons (Fsp3) is 0.643. The molecule has 100 valence electrons. The van der Waals surface area contributed by atoms with Crippen LogP contribution >= 0.6 is 11.8 Å². The van der Waals surface area contributed by atoms with Crippen molar-refractivity contribution in [3.05, 3.63) is 29.6 Å². The van der Waals surface area contributed by atoms with E-state index in [9.17, 15) is 0 Å². The van der Waals surface area contributed by atoms with Crippen molar-refractivity contribution < 1.29 is 4.74 Å². The molecule has 0 saturated carbocycles. The number of nitrogens with zero attached hydrogens (tertiary/aromatic N) is 1. The normalized spacial score (nSPS) is 21.8. The molecule has 0 aromatic carbocycles. The van der Waals surface area contributed by atoms with Gasteiger partial charge in [-0.15, -0.1) is 0 Å². The van der Waals surface area contributed by atoms with Crippen LogP contribution in [0.25, 0.3) is 0 Å². The molecule has 0 radical (unpaired) electrons. The lowest BCUT2D eigenvalue weighted by atomic mass is 9.99. The number of hydrogen-bond donors (Lipinski definition) is 1. The minimum atomic E-state index is 0.262. The molecule has 2 unspecified atom stereocenters. The number of aromatic nitrogens is 1. The summed E-state index contributed by atoms with van der Waals surface area (Å²) in [5.41, 5.74) is 2.57. The second kappa shape index (κ2) is 7.12. The van der Waals surface area contributed by atoms with Gasteiger partial charge in [-0.1, -0.05) is 6.92 Å². The summed E-state index contributed by atoms with van der Waals surface area (Å²) in [5.74, 6) is 2.18. The lowest BCUT2D eigenvalue weighted by Crippen LogP contribution is -2.38. The summed E-state index contributed by atoms with van der Waals surface area (Å²) in [6.45, 7) is 6.22. The standard InChI is InChI=1S/C14H22N2OS/c1-3-5-16-14(13-10-18-8-7-17-13)12-9-15-6-4-11(12)2/h4,6,9,13-14,16H,3,5,7-8,10H2,1-2H3. The smallest absolute Gasteiger partial charge is 0.0860 e. The molecule has 1 aromatic rings. The molecular formula is C14H22N2OS. The molecule has 1 aliphatic heterocycles. The van der Waals surface area contributed by atoms with Gasteiger partial charge in [0.25, 0.3) is 0 Å². The Morgan fingerprint density at radius 1 is 1.61 bits per heavy atom. The average molecular weight is 266 g/mol. The molecule has 4 heteroatoms. The van der Waals surface area contributed by atoms with Gasteiger partial charge in [-0.3, -0.25) is 4.98 Å². The van der Waals surface area contributed by atoms with Gasteiger partial charge in [0.2, 0.25) is 0 Å². The second-order valence-electron chi connectivity index (χ2n) is 4.65. The molecule has 0 aliphatic carbocycles. The monoisotopic (exact) mass is 266 g/mol. The van der Waals surface area contributed by atoms with E-state index in [0.717, 1.165) is 31.1 Å². The molecule has 1 N–H and O–H groups in total. The van der Waals surface area contributed by atoms with Gasteiger partial charge in [0.1, 0.15) is 0 Å². The largest absolute Gasteiger partial charge is 0.375 e. The van der Waals surface area contributed by atoms with Crippen LogP contribution in [0.2, 0.25) is 0 Å². The molecule has 0 spiro atoms. The Morgan fingerprint density at radius 3 is 3.17 bits per heavy atom. The third-order valence-electron chi connectivity index (χ3n) is 3.24. The number of ether oxygens (including phenoxy) is 1. The van der Waals surface area contributed by atoms with Crippen LogP contribution in [0.3, 0.4) is 0 Å². The fourth-order valence-corrected chi connectivity index (χ4v) is 3.14. The SMILES string of the molecule is CCCNC(c1cnccc1C)C1CSCCO1. The lowest BCUT2D eigenvalue weighted by molar-refractivity contribution is 0.0465. The number of hydrogen-bond acceptors (Lipinski definition) is 4. The highest BCUT2D eigenvalue weighted by Crippen LogP contribution is 2.27. The van der Waals surface area contributed by atoms with Crippen LogP contribution in [-0.4, -0.2) is 35.7 Å². The molecular weight excluding hydrogens is 244 g/mol. The quantitative estimate of drug-likeness (QED) is 0.888. The predicted molar refractivity (Wildman–Crippen MR) is 77.1 cm³/mol. The van der Waals surface area contributed by atoms with E-state index in [-0.39, 0.29) is 12.1 Å². The van der Waals surface area contributed by atoms with Crippen molar-refractivity contribution in [2.45, 2.75) is 32.4 Å². The van der Waals surface area contributed by atoms with Crippen LogP contribution < -0.4 is 5.32 Å². The van der Waals surface area contributed by atoms with Crippen molar-refractivity contribution in [2.24, 2.45) is 0 Å². The van der Waals surface area contributed by atoms with Gasteiger partial charge in [0, 0.05) is 23.9 Å². The zero-order valence-electron chi connectivity index (χ0n) is 11.2. The first-order valence-corrected chi connectivity index (χ1v) is 7.81. The topological polar surface area (TPSA) is 34.2 Å². The van der Waals surface area contributed by atoms with Gasteiger partial charge in [-0.05, 0) is 37.1 Å². The molecule has 3 nitrogen and oxygen atoms in total. The molecule has 1 fully saturated rings. The maximum atomic E-state index is 5.94. The van der Waals surface area contributed by atoms with Gasteiger partial charge in [0.15, 0.2) is 0 Å². The van der Waals surface area contributed by atoms with Crippen LogP contribution in [0.4, 0.5) is 0 Å². The minimum absolute atomic E-state index is 0.262. The molecule has 1 saturated heterocycles. The van der Waals surface area contributed by atoms with Crippen molar-refractivity contribution in [3.8, 4) is 0 Å². The van der Waals surface area contributed by atoms with Gasteiger partial charge < -0.3 is 10.1 Å². The van der Waals surface area contributed by atoms with Crippen molar-refractivity contribution in [1.82, 2.24) is 10.3 Å². The first-order valence-electron chi connectivity index (χ1n) is 6.66. The Kier molecular flexibility index (Phi) is 5.47. The molecule has 0 bridgehead atoms. The lowest BCUT2D eigenvalue weighted by Gasteiger charge is -2.31. The molecule has 18 heavy (non-hydrogen) atoms. The Bertz CT molecular complexity index is 367. The number of pyridine rings is 1. The highest BCUT2D eigenvalue weighted by molar-refractivity contribution is 7.99. The fourth-order valence-electron chi connectivity index (χ4n) is 2.24. The van der Waals surface area contributed by atoms with E-state index in [4.69, 9.17) is 4.74 Å². The molecule has 0 amide bonds.